The average Bonchev–Trinajstić information content (AvgIpc) is 2.15. The van der Waals surface area contributed by atoms with Gasteiger partial charge in [0.25, 0.3) is 0 Å². The molecule has 5 N–H and O–H groups in total. The Morgan fingerprint density at radius 3 is 2.57 bits per heavy atom. The van der Waals surface area contributed by atoms with Crippen LogP contribution in [0.5, 0.6) is 0 Å². The quantitative estimate of drug-likeness (QED) is 0.414. The molecule has 1 atom stereocenters. The Hall–Kier alpha value is -1.34. The Kier molecular flexibility index (Phi) is 6.42. The lowest BCUT2D eigenvalue weighted by molar-refractivity contribution is -0.147. The zero-order valence-corrected chi connectivity index (χ0v) is 7.95. The van der Waals surface area contributed by atoms with Crippen molar-refractivity contribution in [1.29, 1.82) is 0 Å². The molecule has 0 rings (SSSR count). The van der Waals surface area contributed by atoms with E-state index < -0.39 is 18.1 Å². The van der Waals surface area contributed by atoms with Gasteiger partial charge in [-0.15, -0.1) is 0 Å². The third-order valence-corrected chi connectivity index (χ3v) is 1.44. The summed E-state index contributed by atoms with van der Waals surface area (Å²) >= 11 is 0. The molecule has 7 nitrogen and oxygen atoms in total. The number of hydrogen-bond donors (Lipinski definition) is 4. The minimum atomic E-state index is -1.12. The summed E-state index contributed by atoms with van der Waals surface area (Å²) in [4.78, 5) is 21.4. The highest BCUT2D eigenvalue weighted by Gasteiger charge is 2.16. The SMILES string of the molecule is COC(CNC(=O)NCCN)C(=O)O. The van der Waals surface area contributed by atoms with Crippen molar-refractivity contribution in [2.24, 2.45) is 5.73 Å². The largest absolute Gasteiger partial charge is 0.479 e. The summed E-state index contributed by atoms with van der Waals surface area (Å²) in [6.07, 6.45) is -1.03. The second kappa shape index (κ2) is 7.10. The molecule has 0 aliphatic carbocycles. The van der Waals surface area contributed by atoms with Crippen LogP contribution in [0.1, 0.15) is 0 Å². The number of rotatable bonds is 6. The fraction of sp³-hybridized carbons (Fsp3) is 0.714. The van der Waals surface area contributed by atoms with Crippen molar-refractivity contribution >= 4 is 12.0 Å². The van der Waals surface area contributed by atoms with E-state index in [9.17, 15) is 9.59 Å². The van der Waals surface area contributed by atoms with Gasteiger partial charge < -0.3 is 26.2 Å². The number of carboxylic acids is 1. The number of carbonyl (C=O) groups excluding carboxylic acids is 1. The van der Waals surface area contributed by atoms with E-state index in [4.69, 9.17) is 10.8 Å². The molecule has 2 amide bonds. The van der Waals surface area contributed by atoms with E-state index in [1.54, 1.807) is 0 Å². The van der Waals surface area contributed by atoms with Crippen molar-refractivity contribution in [3.05, 3.63) is 0 Å². The maximum absolute atomic E-state index is 10.9. The molecule has 14 heavy (non-hydrogen) atoms. The van der Waals surface area contributed by atoms with Crippen LogP contribution < -0.4 is 16.4 Å². The Morgan fingerprint density at radius 1 is 1.50 bits per heavy atom. The first kappa shape index (κ1) is 12.7. The summed E-state index contributed by atoms with van der Waals surface area (Å²) in [6.45, 7) is 0.596. The average molecular weight is 205 g/mol. The van der Waals surface area contributed by atoms with Gasteiger partial charge in [0.15, 0.2) is 6.10 Å². The van der Waals surface area contributed by atoms with E-state index in [2.05, 4.69) is 15.4 Å². The number of methoxy groups -OCH3 is 1. The third kappa shape index (κ3) is 5.33. The lowest BCUT2D eigenvalue weighted by Crippen LogP contribution is -2.43. The van der Waals surface area contributed by atoms with E-state index in [1.165, 1.54) is 7.11 Å². The van der Waals surface area contributed by atoms with E-state index >= 15 is 0 Å². The van der Waals surface area contributed by atoms with Crippen LogP contribution in [0.2, 0.25) is 0 Å². The standard InChI is InChI=1S/C7H15N3O4/c1-14-5(6(11)12)4-10-7(13)9-3-2-8/h5H,2-4,8H2,1H3,(H,11,12)(H2,9,10,13). The first-order valence-corrected chi connectivity index (χ1v) is 4.09. The predicted octanol–water partition coefficient (Wildman–Crippen LogP) is -1.66. The first-order chi connectivity index (χ1) is 6.61. The highest BCUT2D eigenvalue weighted by molar-refractivity contribution is 5.76. The van der Waals surface area contributed by atoms with E-state index in [0.29, 0.717) is 13.1 Å². The molecule has 0 saturated heterocycles. The molecule has 0 aromatic heterocycles. The molecule has 0 aliphatic rings. The number of ether oxygens (including phenoxy) is 1. The van der Waals surface area contributed by atoms with Crippen molar-refractivity contribution < 1.29 is 19.4 Å². The maximum atomic E-state index is 10.9. The molecule has 0 saturated carbocycles. The fourth-order valence-corrected chi connectivity index (χ4v) is 0.705. The molecule has 0 spiro atoms. The van der Waals surface area contributed by atoms with E-state index in [-0.39, 0.29) is 6.54 Å². The van der Waals surface area contributed by atoms with Crippen molar-refractivity contribution in [2.75, 3.05) is 26.7 Å². The van der Waals surface area contributed by atoms with Gasteiger partial charge in [-0.05, 0) is 0 Å². The monoisotopic (exact) mass is 205 g/mol. The summed E-state index contributed by atoms with van der Waals surface area (Å²) in [5, 5.41) is 13.3. The highest BCUT2D eigenvalue weighted by Crippen LogP contribution is 1.86. The van der Waals surface area contributed by atoms with Crippen molar-refractivity contribution in [3.63, 3.8) is 0 Å². The van der Waals surface area contributed by atoms with Gasteiger partial charge in [0.05, 0.1) is 6.54 Å². The number of amides is 2. The normalized spacial score (nSPS) is 11.9. The van der Waals surface area contributed by atoms with Crippen LogP contribution >= 0.6 is 0 Å². The van der Waals surface area contributed by atoms with Gasteiger partial charge in [-0.25, -0.2) is 9.59 Å². The first-order valence-electron chi connectivity index (χ1n) is 4.09. The minimum absolute atomic E-state index is 0.0811. The summed E-state index contributed by atoms with van der Waals surface area (Å²) in [6, 6.07) is -0.459. The van der Waals surface area contributed by atoms with E-state index in [0.717, 1.165) is 0 Å². The molecule has 0 radical (unpaired) electrons. The number of hydrogen-bond acceptors (Lipinski definition) is 4. The van der Waals surface area contributed by atoms with Crippen LogP contribution in [0.15, 0.2) is 0 Å². The Labute approximate surface area is 81.6 Å². The summed E-state index contributed by atoms with van der Waals surface area (Å²) in [5.74, 6) is -1.12. The molecule has 0 heterocycles. The molecular weight excluding hydrogens is 190 g/mol. The summed E-state index contributed by atoms with van der Waals surface area (Å²) < 4.78 is 4.60. The van der Waals surface area contributed by atoms with E-state index in [1.807, 2.05) is 0 Å². The lowest BCUT2D eigenvalue weighted by atomic mass is 10.3. The summed E-state index contributed by atoms with van der Waals surface area (Å²) in [5.41, 5.74) is 5.15. The van der Waals surface area contributed by atoms with Crippen LogP contribution in [-0.4, -0.2) is 50.0 Å². The maximum Gasteiger partial charge on any atom is 0.334 e. The van der Waals surface area contributed by atoms with Gasteiger partial charge in [-0.3, -0.25) is 0 Å². The number of urea groups is 1. The van der Waals surface area contributed by atoms with Gasteiger partial charge in [-0.2, -0.15) is 0 Å². The van der Waals surface area contributed by atoms with Crippen LogP contribution in [0.25, 0.3) is 0 Å². The van der Waals surface area contributed by atoms with Crippen LogP contribution in [-0.2, 0) is 9.53 Å². The molecule has 7 heteroatoms. The third-order valence-electron chi connectivity index (χ3n) is 1.44. The highest BCUT2D eigenvalue weighted by atomic mass is 16.5. The second-order valence-electron chi connectivity index (χ2n) is 2.49. The van der Waals surface area contributed by atoms with Crippen molar-refractivity contribution in [2.45, 2.75) is 6.10 Å². The zero-order chi connectivity index (χ0) is 11.0. The lowest BCUT2D eigenvalue weighted by Gasteiger charge is -2.11. The number of nitrogens with one attached hydrogen (secondary N) is 2. The predicted molar refractivity (Wildman–Crippen MR) is 48.9 cm³/mol. The summed E-state index contributed by atoms with van der Waals surface area (Å²) in [7, 11) is 1.26. The molecule has 0 aromatic carbocycles. The number of aliphatic carboxylic acids is 1. The Balaban J connectivity index is 3.68. The van der Waals surface area contributed by atoms with Crippen LogP contribution in [0.4, 0.5) is 4.79 Å². The molecular formula is C7H15N3O4. The van der Waals surface area contributed by atoms with Crippen LogP contribution in [0, 0.1) is 0 Å². The smallest absolute Gasteiger partial charge is 0.334 e. The molecule has 0 bridgehead atoms. The minimum Gasteiger partial charge on any atom is -0.479 e. The molecule has 0 aliphatic heterocycles. The van der Waals surface area contributed by atoms with Crippen LogP contribution in [0.3, 0.4) is 0 Å². The van der Waals surface area contributed by atoms with Gasteiger partial charge in [-0.1, -0.05) is 0 Å². The van der Waals surface area contributed by atoms with Gasteiger partial charge >= 0.3 is 12.0 Å². The number of nitrogens with two attached hydrogens (primary N) is 1. The molecule has 0 aromatic rings. The van der Waals surface area contributed by atoms with Gasteiger partial charge in [0.1, 0.15) is 0 Å². The number of carboxylic acid groups (broad SMARTS) is 1. The Morgan fingerprint density at radius 2 is 2.14 bits per heavy atom. The van der Waals surface area contributed by atoms with Gasteiger partial charge in [0.2, 0.25) is 0 Å². The van der Waals surface area contributed by atoms with Crippen molar-refractivity contribution in [1.82, 2.24) is 10.6 Å². The van der Waals surface area contributed by atoms with Gasteiger partial charge in [0, 0.05) is 20.2 Å². The van der Waals surface area contributed by atoms with Crippen molar-refractivity contribution in [3.8, 4) is 0 Å². The molecule has 0 fully saturated rings. The second-order valence-corrected chi connectivity index (χ2v) is 2.49. The fourth-order valence-electron chi connectivity index (χ4n) is 0.705. The number of carbonyl (C=O) groups is 2. The molecule has 1 unspecified atom stereocenters. The Bertz CT molecular complexity index is 197. The topological polar surface area (TPSA) is 114 Å². The zero-order valence-electron chi connectivity index (χ0n) is 7.95. The molecule has 82 valence electrons.